The van der Waals surface area contributed by atoms with E-state index in [4.69, 9.17) is 4.42 Å². The molecule has 1 aliphatic carbocycles. The summed E-state index contributed by atoms with van der Waals surface area (Å²) >= 11 is 0. The molecule has 2 unspecified atom stereocenters. The molecular weight excluding hydrogens is 206 g/mol. The summed E-state index contributed by atoms with van der Waals surface area (Å²) in [5.41, 5.74) is 0.596. The van der Waals surface area contributed by atoms with Crippen LogP contribution in [0, 0.1) is 12.8 Å². The van der Waals surface area contributed by atoms with Gasteiger partial charge in [0, 0.05) is 6.54 Å². The van der Waals surface area contributed by atoms with Crippen LogP contribution in [0.4, 0.5) is 0 Å². The molecular formula is C12H17NO3. The molecule has 0 saturated heterocycles. The first-order valence-corrected chi connectivity index (χ1v) is 5.67. The van der Waals surface area contributed by atoms with Crippen LogP contribution >= 0.6 is 0 Å². The molecule has 0 radical (unpaired) electrons. The number of aliphatic hydroxyl groups excluding tert-OH is 1. The highest BCUT2D eigenvalue weighted by molar-refractivity contribution is 5.94. The second-order valence-corrected chi connectivity index (χ2v) is 4.43. The predicted molar refractivity (Wildman–Crippen MR) is 59.1 cm³/mol. The monoisotopic (exact) mass is 223 g/mol. The van der Waals surface area contributed by atoms with Crippen molar-refractivity contribution < 1.29 is 14.3 Å². The lowest BCUT2D eigenvalue weighted by molar-refractivity contribution is 0.0943. The number of aliphatic hydroxyl groups is 1. The van der Waals surface area contributed by atoms with Crippen LogP contribution in [-0.2, 0) is 0 Å². The highest BCUT2D eigenvalue weighted by Gasteiger charge is 2.23. The number of hydrogen-bond donors (Lipinski definition) is 2. The van der Waals surface area contributed by atoms with Crippen LogP contribution < -0.4 is 5.32 Å². The van der Waals surface area contributed by atoms with Crippen LogP contribution in [-0.4, -0.2) is 23.7 Å². The molecule has 4 nitrogen and oxygen atoms in total. The number of aryl methyl sites for hydroxylation is 1. The Morgan fingerprint density at radius 3 is 3.00 bits per heavy atom. The van der Waals surface area contributed by atoms with Crippen molar-refractivity contribution in [3.8, 4) is 0 Å². The minimum Gasteiger partial charge on any atom is -0.469 e. The summed E-state index contributed by atoms with van der Waals surface area (Å²) in [5.74, 6) is 0.961. The van der Waals surface area contributed by atoms with Gasteiger partial charge in [0.15, 0.2) is 0 Å². The molecule has 88 valence electrons. The fourth-order valence-electron chi connectivity index (χ4n) is 2.19. The van der Waals surface area contributed by atoms with Crippen molar-refractivity contribution in [1.82, 2.24) is 5.32 Å². The largest absolute Gasteiger partial charge is 0.469 e. The Morgan fingerprint density at radius 2 is 2.44 bits per heavy atom. The standard InChI is InChI=1S/C12H17NO3/c1-8-11(4-5-16-8)12(15)13-7-9-2-3-10(14)6-9/h4-5,9-10,14H,2-3,6-7H2,1H3,(H,13,15). The summed E-state index contributed by atoms with van der Waals surface area (Å²) in [4.78, 5) is 11.7. The van der Waals surface area contributed by atoms with Gasteiger partial charge in [0.25, 0.3) is 5.91 Å². The number of amides is 1. The minimum atomic E-state index is -0.183. The van der Waals surface area contributed by atoms with Gasteiger partial charge >= 0.3 is 0 Å². The second-order valence-electron chi connectivity index (χ2n) is 4.43. The van der Waals surface area contributed by atoms with Gasteiger partial charge in [0.2, 0.25) is 0 Å². The van der Waals surface area contributed by atoms with Crippen molar-refractivity contribution >= 4 is 5.91 Å². The fraction of sp³-hybridized carbons (Fsp3) is 0.583. The van der Waals surface area contributed by atoms with Crippen molar-refractivity contribution in [1.29, 1.82) is 0 Å². The van der Waals surface area contributed by atoms with Gasteiger partial charge in [0.05, 0.1) is 17.9 Å². The molecule has 0 spiro atoms. The van der Waals surface area contributed by atoms with Gasteiger partial charge < -0.3 is 14.8 Å². The maximum Gasteiger partial charge on any atom is 0.254 e. The summed E-state index contributed by atoms with van der Waals surface area (Å²) in [6.07, 6.45) is 3.98. The topological polar surface area (TPSA) is 62.5 Å². The zero-order valence-electron chi connectivity index (χ0n) is 9.40. The first-order valence-electron chi connectivity index (χ1n) is 5.67. The molecule has 1 aliphatic rings. The quantitative estimate of drug-likeness (QED) is 0.815. The van der Waals surface area contributed by atoms with Gasteiger partial charge in [-0.15, -0.1) is 0 Å². The summed E-state index contributed by atoms with van der Waals surface area (Å²) in [5, 5.41) is 12.2. The second kappa shape index (κ2) is 4.70. The van der Waals surface area contributed by atoms with Crippen LogP contribution in [0.1, 0.15) is 35.4 Å². The van der Waals surface area contributed by atoms with Gasteiger partial charge in [-0.3, -0.25) is 4.79 Å². The van der Waals surface area contributed by atoms with E-state index in [1.165, 1.54) is 6.26 Å². The molecule has 1 saturated carbocycles. The van der Waals surface area contributed by atoms with E-state index in [9.17, 15) is 9.90 Å². The lowest BCUT2D eigenvalue weighted by atomic mass is 10.1. The van der Waals surface area contributed by atoms with E-state index in [0.29, 0.717) is 23.8 Å². The Balaban J connectivity index is 1.82. The molecule has 1 aromatic rings. The van der Waals surface area contributed by atoms with Crippen LogP contribution in [0.3, 0.4) is 0 Å². The molecule has 1 heterocycles. The molecule has 16 heavy (non-hydrogen) atoms. The first-order chi connectivity index (χ1) is 7.66. The van der Waals surface area contributed by atoms with Gasteiger partial charge in [-0.2, -0.15) is 0 Å². The lowest BCUT2D eigenvalue weighted by Crippen LogP contribution is -2.28. The van der Waals surface area contributed by atoms with E-state index in [1.807, 2.05) is 0 Å². The van der Waals surface area contributed by atoms with Gasteiger partial charge in [0.1, 0.15) is 5.76 Å². The highest BCUT2D eigenvalue weighted by atomic mass is 16.3. The Bertz CT molecular complexity index is 372. The van der Waals surface area contributed by atoms with E-state index in [-0.39, 0.29) is 12.0 Å². The molecule has 0 bridgehead atoms. The van der Waals surface area contributed by atoms with E-state index in [1.54, 1.807) is 13.0 Å². The van der Waals surface area contributed by atoms with Crippen LogP contribution in [0.25, 0.3) is 0 Å². The molecule has 0 aromatic carbocycles. The zero-order chi connectivity index (χ0) is 11.5. The molecule has 2 rings (SSSR count). The molecule has 1 amide bonds. The van der Waals surface area contributed by atoms with Gasteiger partial charge in [-0.05, 0) is 38.2 Å². The van der Waals surface area contributed by atoms with Gasteiger partial charge in [-0.25, -0.2) is 0 Å². The molecule has 0 aliphatic heterocycles. The number of carbonyl (C=O) groups excluding carboxylic acids is 1. The third-order valence-corrected chi connectivity index (χ3v) is 3.17. The van der Waals surface area contributed by atoms with Crippen molar-refractivity contribution in [2.75, 3.05) is 6.54 Å². The minimum absolute atomic E-state index is 0.0901. The Morgan fingerprint density at radius 1 is 1.62 bits per heavy atom. The average Bonchev–Trinajstić information content (AvgIpc) is 2.84. The van der Waals surface area contributed by atoms with Crippen molar-refractivity contribution in [3.63, 3.8) is 0 Å². The average molecular weight is 223 g/mol. The number of carbonyl (C=O) groups is 1. The Kier molecular flexibility index (Phi) is 3.29. The predicted octanol–water partition coefficient (Wildman–Crippen LogP) is 1.48. The molecule has 1 aromatic heterocycles. The molecule has 4 heteroatoms. The van der Waals surface area contributed by atoms with Crippen molar-refractivity contribution in [2.24, 2.45) is 5.92 Å². The maximum atomic E-state index is 11.7. The maximum absolute atomic E-state index is 11.7. The third kappa shape index (κ3) is 2.44. The van der Waals surface area contributed by atoms with Crippen molar-refractivity contribution in [2.45, 2.75) is 32.3 Å². The van der Waals surface area contributed by atoms with E-state index < -0.39 is 0 Å². The van der Waals surface area contributed by atoms with E-state index in [2.05, 4.69) is 5.32 Å². The first kappa shape index (κ1) is 11.2. The lowest BCUT2D eigenvalue weighted by Gasteiger charge is -2.10. The molecule has 2 N–H and O–H groups in total. The number of nitrogens with one attached hydrogen (secondary N) is 1. The SMILES string of the molecule is Cc1occc1C(=O)NCC1CCC(O)C1. The zero-order valence-corrected chi connectivity index (χ0v) is 9.40. The summed E-state index contributed by atoms with van der Waals surface area (Å²) in [6, 6.07) is 1.67. The number of rotatable bonds is 3. The van der Waals surface area contributed by atoms with Crippen LogP contribution in [0.15, 0.2) is 16.7 Å². The summed E-state index contributed by atoms with van der Waals surface area (Å²) < 4.78 is 5.07. The number of furan rings is 1. The molecule has 1 fully saturated rings. The highest BCUT2D eigenvalue weighted by Crippen LogP contribution is 2.24. The van der Waals surface area contributed by atoms with Gasteiger partial charge in [-0.1, -0.05) is 0 Å². The van der Waals surface area contributed by atoms with Crippen molar-refractivity contribution in [3.05, 3.63) is 23.7 Å². The normalized spacial score (nSPS) is 24.6. The van der Waals surface area contributed by atoms with E-state index >= 15 is 0 Å². The number of hydrogen-bond acceptors (Lipinski definition) is 3. The summed E-state index contributed by atoms with van der Waals surface area (Å²) in [6.45, 7) is 2.41. The Hall–Kier alpha value is -1.29. The van der Waals surface area contributed by atoms with Crippen LogP contribution in [0.5, 0.6) is 0 Å². The Labute approximate surface area is 94.6 Å². The fourth-order valence-corrected chi connectivity index (χ4v) is 2.19. The smallest absolute Gasteiger partial charge is 0.254 e. The van der Waals surface area contributed by atoms with Crippen LogP contribution in [0.2, 0.25) is 0 Å². The third-order valence-electron chi connectivity index (χ3n) is 3.17. The summed E-state index contributed by atoms with van der Waals surface area (Å²) in [7, 11) is 0. The molecule has 2 atom stereocenters. The van der Waals surface area contributed by atoms with E-state index in [0.717, 1.165) is 19.3 Å².